The number of carbonyl (C=O) groups excluding carboxylic acids is 1. The second kappa shape index (κ2) is 7.70. The van der Waals surface area contributed by atoms with Gasteiger partial charge in [0.25, 0.3) is 5.91 Å². The van der Waals surface area contributed by atoms with E-state index in [0.717, 1.165) is 11.4 Å². The molecule has 142 valence electrons. The summed E-state index contributed by atoms with van der Waals surface area (Å²) in [6.45, 7) is 0. The van der Waals surface area contributed by atoms with Crippen LogP contribution in [0.2, 0.25) is 0 Å². The number of halogens is 5. The van der Waals surface area contributed by atoms with E-state index < -0.39 is 49.9 Å². The van der Waals surface area contributed by atoms with Crippen LogP contribution in [0, 0.1) is 0 Å². The molecule has 2 aromatic rings. The van der Waals surface area contributed by atoms with Gasteiger partial charge in [-0.3, -0.25) is 4.79 Å². The first-order chi connectivity index (χ1) is 12.0. The van der Waals surface area contributed by atoms with E-state index in [1.807, 2.05) is 0 Å². The van der Waals surface area contributed by atoms with Crippen molar-refractivity contribution in [2.75, 3.05) is 0 Å². The summed E-state index contributed by atoms with van der Waals surface area (Å²) in [5, 5.41) is 2.74. The topological polar surface area (TPSA) is 63.2 Å². The first kappa shape index (κ1) is 20.3. The SMILES string of the molecule is O=C(NC(Cc1ccccc1)C(F)(F)F)c1sccc1S(=O)(=O)C(F)F. The van der Waals surface area contributed by atoms with Crippen molar-refractivity contribution in [3.63, 3.8) is 0 Å². The maximum Gasteiger partial charge on any atom is 0.408 e. The summed E-state index contributed by atoms with van der Waals surface area (Å²) in [7, 11) is -5.10. The van der Waals surface area contributed by atoms with Gasteiger partial charge in [0.15, 0.2) is 0 Å². The molecule has 0 aliphatic carbocycles. The molecule has 0 fully saturated rings. The number of amides is 1. The highest BCUT2D eigenvalue weighted by Crippen LogP contribution is 2.28. The lowest BCUT2D eigenvalue weighted by atomic mass is 10.1. The van der Waals surface area contributed by atoms with E-state index >= 15 is 0 Å². The number of hydrogen-bond acceptors (Lipinski definition) is 4. The van der Waals surface area contributed by atoms with E-state index in [1.165, 1.54) is 24.3 Å². The highest BCUT2D eigenvalue weighted by Gasteiger charge is 2.42. The number of thiophene rings is 1. The Labute approximate surface area is 149 Å². The molecule has 4 nitrogen and oxygen atoms in total. The molecular weight excluding hydrogens is 401 g/mol. The number of alkyl halides is 5. The minimum Gasteiger partial charge on any atom is -0.339 e. The molecule has 0 radical (unpaired) electrons. The normalized spacial score (nSPS) is 13.6. The third kappa shape index (κ3) is 4.58. The summed E-state index contributed by atoms with van der Waals surface area (Å²) < 4.78 is 88.1. The lowest BCUT2D eigenvalue weighted by Crippen LogP contribution is -2.46. The van der Waals surface area contributed by atoms with Crippen molar-refractivity contribution >= 4 is 27.1 Å². The molecule has 1 heterocycles. The summed E-state index contributed by atoms with van der Waals surface area (Å²) >= 11 is 0.469. The van der Waals surface area contributed by atoms with Crippen LogP contribution in [0.25, 0.3) is 0 Å². The van der Waals surface area contributed by atoms with Crippen LogP contribution in [0.5, 0.6) is 0 Å². The monoisotopic (exact) mass is 413 g/mol. The second-order valence-electron chi connectivity index (χ2n) is 5.18. The quantitative estimate of drug-likeness (QED) is 0.736. The Morgan fingerprint density at radius 2 is 1.73 bits per heavy atom. The molecule has 0 bridgehead atoms. The lowest BCUT2D eigenvalue weighted by molar-refractivity contribution is -0.153. The fraction of sp³-hybridized carbons (Fsp3) is 0.267. The number of rotatable bonds is 6. The number of sulfone groups is 1. The molecule has 26 heavy (non-hydrogen) atoms. The fourth-order valence-corrected chi connectivity index (χ4v) is 4.18. The zero-order chi connectivity index (χ0) is 19.5. The Hall–Kier alpha value is -2.01. The molecule has 1 atom stereocenters. The summed E-state index contributed by atoms with van der Waals surface area (Å²) in [4.78, 5) is 10.4. The van der Waals surface area contributed by atoms with Crippen molar-refractivity contribution in [1.82, 2.24) is 5.32 Å². The molecule has 1 N–H and O–H groups in total. The van der Waals surface area contributed by atoms with E-state index in [1.54, 1.807) is 11.4 Å². The minimum absolute atomic E-state index is 0.293. The Morgan fingerprint density at radius 1 is 1.12 bits per heavy atom. The van der Waals surface area contributed by atoms with Crippen LogP contribution in [0.4, 0.5) is 22.0 Å². The molecule has 0 spiro atoms. The molecule has 0 saturated heterocycles. The van der Waals surface area contributed by atoms with Crippen molar-refractivity contribution in [3.8, 4) is 0 Å². The second-order valence-corrected chi connectivity index (χ2v) is 7.98. The Morgan fingerprint density at radius 3 is 2.27 bits per heavy atom. The molecule has 1 amide bonds. The number of hydrogen-bond donors (Lipinski definition) is 1. The van der Waals surface area contributed by atoms with Crippen molar-refractivity contribution in [2.45, 2.75) is 29.3 Å². The van der Waals surface area contributed by atoms with Crippen molar-refractivity contribution < 1.29 is 35.2 Å². The van der Waals surface area contributed by atoms with E-state index in [4.69, 9.17) is 0 Å². The van der Waals surface area contributed by atoms with E-state index in [0.29, 0.717) is 16.9 Å². The maximum atomic E-state index is 13.2. The summed E-state index contributed by atoms with van der Waals surface area (Å²) in [5.41, 5.74) is 0.293. The summed E-state index contributed by atoms with van der Waals surface area (Å²) in [5.74, 6) is -5.16. The molecule has 2 rings (SSSR count). The molecular formula is C15H12F5NO3S2. The lowest BCUT2D eigenvalue weighted by Gasteiger charge is -2.21. The predicted molar refractivity (Wildman–Crippen MR) is 85.0 cm³/mol. The Kier molecular flexibility index (Phi) is 6.02. The first-order valence-corrected chi connectivity index (χ1v) is 9.47. The average molecular weight is 413 g/mol. The third-order valence-electron chi connectivity index (χ3n) is 3.36. The van der Waals surface area contributed by atoms with Gasteiger partial charge in [0.1, 0.15) is 10.9 Å². The van der Waals surface area contributed by atoms with Gasteiger partial charge < -0.3 is 5.32 Å². The zero-order valence-corrected chi connectivity index (χ0v) is 14.5. The Balaban J connectivity index is 2.28. The Bertz CT molecular complexity index is 863. The third-order valence-corrected chi connectivity index (χ3v) is 5.82. The summed E-state index contributed by atoms with van der Waals surface area (Å²) in [6.07, 6.45) is -5.40. The van der Waals surface area contributed by atoms with Gasteiger partial charge in [0, 0.05) is 6.42 Å². The minimum atomic E-state index is -5.10. The van der Waals surface area contributed by atoms with Crippen molar-refractivity contribution in [1.29, 1.82) is 0 Å². The largest absolute Gasteiger partial charge is 0.408 e. The molecule has 0 saturated carbocycles. The number of nitrogens with one attached hydrogen (secondary N) is 1. The van der Waals surface area contributed by atoms with Crippen LogP contribution in [0.15, 0.2) is 46.7 Å². The van der Waals surface area contributed by atoms with Gasteiger partial charge in [0.2, 0.25) is 9.84 Å². The molecule has 0 aliphatic rings. The van der Waals surface area contributed by atoms with Gasteiger partial charge in [-0.2, -0.15) is 22.0 Å². The van der Waals surface area contributed by atoms with Crippen molar-refractivity contribution in [3.05, 3.63) is 52.2 Å². The van der Waals surface area contributed by atoms with Crippen LogP contribution >= 0.6 is 11.3 Å². The van der Waals surface area contributed by atoms with Crippen LogP contribution in [0.3, 0.4) is 0 Å². The molecule has 0 aliphatic heterocycles. The molecule has 1 aromatic carbocycles. The summed E-state index contributed by atoms with van der Waals surface area (Å²) in [6, 6.07) is 5.99. The van der Waals surface area contributed by atoms with Crippen molar-refractivity contribution in [2.24, 2.45) is 0 Å². The zero-order valence-electron chi connectivity index (χ0n) is 12.8. The van der Waals surface area contributed by atoms with Gasteiger partial charge in [-0.15, -0.1) is 11.3 Å². The predicted octanol–water partition coefficient (Wildman–Crippen LogP) is 3.65. The van der Waals surface area contributed by atoms with E-state index in [2.05, 4.69) is 0 Å². The van der Waals surface area contributed by atoms with Crippen LogP contribution in [-0.2, 0) is 16.3 Å². The van der Waals surface area contributed by atoms with Gasteiger partial charge in [-0.05, 0) is 17.0 Å². The number of carbonyl (C=O) groups is 1. The first-order valence-electron chi connectivity index (χ1n) is 7.04. The van der Waals surface area contributed by atoms with Gasteiger partial charge in [-0.25, -0.2) is 8.42 Å². The van der Waals surface area contributed by atoms with Crippen LogP contribution in [-0.4, -0.2) is 32.3 Å². The van der Waals surface area contributed by atoms with Crippen LogP contribution in [0.1, 0.15) is 15.2 Å². The number of benzene rings is 1. The maximum absolute atomic E-state index is 13.2. The molecule has 1 unspecified atom stereocenters. The highest BCUT2D eigenvalue weighted by molar-refractivity contribution is 7.92. The van der Waals surface area contributed by atoms with Crippen LogP contribution < -0.4 is 5.32 Å². The van der Waals surface area contributed by atoms with Gasteiger partial charge in [-0.1, -0.05) is 30.3 Å². The standard InChI is InChI=1S/C15H12F5NO3S2/c16-14(17)26(23,24)10-6-7-25-12(10)13(22)21-11(15(18,19)20)8-9-4-2-1-3-5-9/h1-7,11,14H,8H2,(H,21,22). The average Bonchev–Trinajstić information content (AvgIpc) is 3.04. The fourth-order valence-electron chi connectivity index (χ4n) is 2.11. The van der Waals surface area contributed by atoms with E-state index in [-0.39, 0.29) is 0 Å². The van der Waals surface area contributed by atoms with Gasteiger partial charge >= 0.3 is 11.9 Å². The van der Waals surface area contributed by atoms with Gasteiger partial charge in [0.05, 0.1) is 4.90 Å². The van der Waals surface area contributed by atoms with E-state index in [9.17, 15) is 35.2 Å². The smallest absolute Gasteiger partial charge is 0.339 e. The molecule has 1 aromatic heterocycles. The molecule has 11 heteroatoms. The highest BCUT2D eigenvalue weighted by atomic mass is 32.2.